The van der Waals surface area contributed by atoms with Crippen LogP contribution in [0.3, 0.4) is 0 Å². The lowest BCUT2D eigenvalue weighted by molar-refractivity contribution is 0.342. The van der Waals surface area contributed by atoms with Crippen molar-refractivity contribution in [3.05, 3.63) is 24.3 Å². The third kappa shape index (κ3) is 9.92. The molecule has 64 valence electrons. The molecule has 0 radical (unpaired) electrons. The largest absolute Gasteiger partial charge is 0.392 e. The van der Waals surface area contributed by atoms with E-state index < -0.39 is 0 Å². The van der Waals surface area contributed by atoms with Crippen molar-refractivity contribution in [2.45, 2.75) is 19.3 Å². The van der Waals surface area contributed by atoms with Gasteiger partial charge in [-0.05, 0) is 19.3 Å². The Bertz CT molecular complexity index is 119. The highest BCUT2D eigenvalue weighted by molar-refractivity contribution is 9.09. The van der Waals surface area contributed by atoms with E-state index in [1.54, 1.807) is 6.08 Å². The molecule has 0 aliphatic carbocycles. The molecule has 0 atom stereocenters. The minimum atomic E-state index is 0.158. The summed E-state index contributed by atoms with van der Waals surface area (Å²) in [6, 6.07) is 0. The van der Waals surface area contributed by atoms with E-state index in [0.717, 1.165) is 24.6 Å². The van der Waals surface area contributed by atoms with Gasteiger partial charge < -0.3 is 5.11 Å². The van der Waals surface area contributed by atoms with Crippen LogP contribution in [0.5, 0.6) is 0 Å². The van der Waals surface area contributed by atoms with E-state index in [1.807, 2.05) is 6.08 Å². The number of aliphatic hydroxyl groups excluding tert-OH is 1. The highest BCUT2D eigenvalue weighted by Crippen LogP contribution is 1.95. The molecule has 0 saturated heterocycles. The molecule has 2 heteroatoms. The lowest BCUT2D eigenvalue weighted by atomic mass is 10.2. The topological polar surface area (TPSA) is 20.2 Å². The van der Waals surface area contributed by atoms with Crippen molar-refractivity contribution in [2.24, 2.45) is 0 Å². The second-order valence-corrected chi connectivity index (χ2v) is 2.97. The van der Waals surface area contributed by atoms with Gasteiger partial charge in [0.05, 0.1) is 6.61 Å². The predicted octanol–water partition coefficient (Wildman–Crippen LogP) is 2.66. The number of halogens is 1. The molecule has 0 aromatic rings. The first-order valence-corrected chi connectivity index (χ1v) is 5.00. The quantitative estimate of drug-likeness (QED) is 0.413. The zero-order valence-corrected chi connectivity index (χ0v) is 8.26. The fourth-order valence-corrected chi connectivity index (χ4v) is 0.948. The van der Waals surface area contributed by atoms with Gasteiger partial charge in [-0.2, -0.15) is 0 Å². The van der Waals surface area contributed by atoms with Gasteiger partial charge in [-0.3, -0.25) is 0 Å². The number of allylic oxidation sites excluding steroid dienone is 3. The molecule has 0 spiro atoms. The Morgan fingerprint density at radius 2 is 1.45 bits per heavy atom. The zero-order valence-electron chi connectivity index (χ0n) is 6.67. The molecule has 0 aromatic carbocycles. The number of unbranched alkanes of at least 4 members (excludes halogenated alkanes) is 1. The van der Waals surface area contributed by atoms with Crippen LogP contribution in [0.15, 0.2) is 24.3 Å². The molecule has 0 aromatic heterocycles. The summed E-state index contributed by atoms with van der Waals surface area (Å²) >= 11 is 3.35. The van der Waals surface area contributed by atoms with E-state index in [9.17, 15) is 0 Å². The summed E-state index contributed by atoms with van der Waals surface area (Å²) in [7, 11) is 0. The van der Waals surface area contributed by atoms with E-state index in [2.05, 4.69) is 28.1 Å². The van der Waals surface area contributed by atoms with Crippen LogP contribution >= 0.6 is 15.9 Å². The summed E-state index contributed by atoms with van der Waals surface area (Å²) < 4.78 is 0. The Kier molecular flexibility index (Phi) is 9.85. The minimum Gasteiger partial charge on any atom is -0.392 e. The zero-order chi connectivity index (χ0) is 8.36. The lowest BCUT2D eigenvalue weighted by Gasteiger charge is -1.86. The third-order valence-electron chi connectivity index (χ3n) is 1.21. The maximum absolute atomic E-state index is 8.40. The third-order valence-corrected chi connectivity index (χ3v) is 1.67. The number of alkyl halides is 1. The fourth-order valence-electron chi connectivity index (χ4n) is 0.684. The van der Waals surface area contributed by atoms with E-state index in [0.29, 0.717) is 0 Å². The SMILES string of the molecule is OC/C=C/CC/C=C/CCBr. The standard InChI is InChI=1S/C9H15BrO/c10-8-6-4-2-1-3-5-7-9-11/h2,4-5,7,11H,1,3,6,8-9H2/b4-2+,7-5+. The monoisotopic (exact) mass is 218 g/mol. The summed E-state index contributed by atoms with van der Waals surface area (Å²) in [4.78, 5) is 0. The molecular formula is C9H15BrO. The highest BCUT2D eigenvalue weighted by Gasteiger charge is 1.76. The molecule has 0 bridgehead atoms. The molecule has 0 saturated carbocycles. The van der Waals surface area contributed by atoms with Crippen LogP contribution in [0, 0.1) is 0 Å². The molecule has 0 fully saturated rings. The Morgan fingerprint density at radius 1 is 0.909 bits per heavy atom. The lowest BCUT2D eigenvalue weighted by Crippen LogP contribution is -1.71. The van der Waals surface area contributed by atoms with Gasteiger partial charge >= 0.3 is 0 Å². The predicted molar refractivity (Wildman–Crippen MR) is 53.0 cm³/mol. The molecule has 0 aliphatic rings. The van der Waals surface area contributed by atoms with E-state index in [-0.39, 0.29) is 6.61 Å². The summed E-state index contributed by atoms with van der Waals surface area (Å²) in [6.07, 6.45) is 11.3. The maximum Gasteiger partial charge on any atom is 0.0612 e. The van der Waals surface area contributed by atoms with Crippen LogP contribution in [0.1, 0.15) is 19.3 Å². The van der Waals surface area contributed by atoms with Gasteiger partial charge in [0.1, 0.15) is 0 Å². The van der Waals surface area contributed by atoms with Gasteiger partial charge in [-0.1, -0.05) is 40.2 Å². The molecule has 0 amide bonds. The second kappa shape index (κ2) is 9.92. The number of aliphatic hydroxyl groups is 1. The smallest absolute Gasteiger partial charge is 0.0612 e. The number of hydrogen-bond acceptors (Lipinski definition) is 1. The summed E-state index contributed by atoms with van der Waals surface area (Å²) in [5.74, 6) is 0. The molecular weight excluding hydrogens is 204 g/mol. The Balaban J connectivity index is 3.06. The molecule has 0 unspecified atom stereocenters. The first-order chi connectivity index (χ1) is 5.41. The average molecular weight is 219 g/mol. The molecule has 0 rings (SSSR count). The van der Waals surface area contributed by atoms with Crippen molar-refractivity contribution in [1.29, 1.82) is 0 Å². The molecule has 1 N–H and O–H groups in total. The van der Waals surface area contributed by atoms with Crippen LogP contribution < -0.4 is 0 Å². The summed E-state index contributed by atoms with van der Waals surface area (Å²) in [5, 5.41) is 9.43. The maximum atomic E-state index is 8.40. The van der Waals surface area contributed by atoms with Crippen LogP contribution in [0.25, 0.3) is 0 Å². The fraction of sp³-hybridized carbons (Fsp3) is 0.556. The Labute approximate surface area is 76.9 Å². The summed E-state index contributed by atoms with van der Waals surface area (Å²) in [6.45, 7) is 0.158. The van der Waals surface area contributed by atoms with Crippen molar-refractivity contribution >= 4 is 15.9 Å². The van der Waals surface area contributed by atoms with Crippen LogP contribution in [0.2, 0.25) is 0 Å². The Morgan fingerprint density at radius 3 is 2.00 bits per heavy atom. The van der Waals surface area contributed by atoms with Crippen LogP contribution in [-0.2, 0) is 0 Å². The normalized spacial score (nSPS) is 11.8. The molecule has 0 aliphatic heterocycles. The number of rotatable bonds is 6. The van der Waals surface area contributed by atoms with E-state index >= 15 is 0 Å². The molecule has 1 nitrogen and oxygen atoms in total. The van der Waals surface area contributed by atoms with Crippen LogP contribution in [-0.4, -0.2) is 17.0 Å². The van der Waals surface area contributed by atoms with E-state index in [4.69, 9.17) is 5.11 Å². The van der Waals surface area contributed by atoms with Gasteiger partial charge in [-0.15, -0.1) is 0 Å². The van der Waals surface area contributed by atoms with Crippen molar-refractivity contribution in [2.75, 3.05) is 11.9 Å². The van der Waals surface area contributed by atoms with Gasteiger partial charge in [0.15, 0.2) is 0 Å². The minimum absolute atomic E-state index is 0.158. The molecule has 0 heterocycles. The van der Waals surface area contributed by atoms with Gasteiger partial charge in [0.2, 0.25) is 0 Å². The number of hydrogen-bond donors (Lipinski definition) is 1. The Hall–Kier alpha value is -0.0800. The highest BCUT2D eigenvalue weighted by atomic mass is 79.9. The van der Waals surface area contributed by atoms with Gasteiger partial charge in [-0.25, -0.2) is 0 Å². The first kappa shape index (κ1) is 10.9. The van der Waals surface area contributed by atoms with E-state index in [1.165, 1.54) is 0 Å². The van der Waals surface area contributed by atoms with Gasteiger partial charge in [0, 0.05) is 5.33 Å². The van der Waals surface area contributed by atoms with Crippen molar-refractivity contribution in [1.82, 2.24) is 0 Å². The first-order valence-electron chi connectivity index (χ1n) is 3.88. The average Bonchev–Trinajstić information content (AvgIpc) is 2.03. The second-order valence-electron chi connectivity index (χ2n) is 2.18. The van der Waals surface area contributed by atoms with Gasteiger partial charge in [0.25, 0.3) is 0 Å². The van der Waals surface area contributed by atoms with Crippen LogP contribution in [0.4, 0.5) is 0 Å². The van der Waals surface area contributed by atoms with Crippen molar-refractivity contribution < 1.29 is 5.11 Å². The summed E-state index contributed by atoms with van der Waals surface area (Å²) in [5.41, 5.74) is 0. The van der Waals surface area contributed by atoms with Crippen molar-refractivity contribution in [3.8, 4) is 0 Å². The van der Waals surface area contributed by atoms with Crippen molar-refractivity contribution in [3.63, 3.8) is 0 Å². The molecule has 11 heavy (non-hydrogen) atoms.